The Morgan fingerprint density at radius 2 is 1.05 bits per heavy atom. The van der Waals surface area contributed by atoms with Crippen LogP contribution in [0.25, 0.3) is 23.7 Å². The molecule has 0 radical (unpaired) electrons. The maximum atomic E-state index is 13.5. The van der Waals surface area contributed by atoms with Gasteiger partial charge in [0, 0.05) is 40.8 Å². The van der Waals surface area contributed by atoms with Gasteiger partial charge in [0.05, 0.1) is 0 Å². The van der Waals surface area contributed by atoms with Gasteiger partial charge in [-0.15, -0.1) is 0 Å². The molecule has 0 aliphatic carbocycles. The Labute approximate surface area is 232 Å². The van der Waals surface area contributed by atoms with Crippen molar-refractivity contribution in [2.75, 3.05) is 0 Å². The molecule has 0 amide bonds. The highest BCUT2D eigenvalue weighted by Crippen LogP contribution is 2.55. The smallest absolute Gasteiger partial charge is 0.394 e. The molecule has 4 aromatic carbocycles. The Bertz CT molecular complexity index is 1550. The Morgan fingerprint density at radius 1 is 0.622 bits per heavy atom. The van der Waals surface area contributed by atoms with E-state index in [1.54, 1.807) is 24.3 Å². The summed E-state index contributed by atoms with van der Waals surface area (Å²) < 4.78 is 25.1. The summed E-state index contributed by atoms with van der Waals surface area (Å²) in [5.74, 6) is 0.436. The van der Waals surface area contributed by atoms with Crippen molar-refractivity contribution in [1.82, 2.24) is 0 Å². The molecule has 2 aliphatic heterocycles. The molecule has 184 valence electrons. The van der Waals surface area contributed by atoms with Crippen LogP contribution in [0, 0.1) is 0 Å². The largest absolute Gasteiger partial charge is 0.584 e. The van der Waals surface area contributed by atoms with E-state index in [4.69, 9.17) is 32.2 Å². The number of rotatable bonds is 4. The fourth-order valence-corrected chi connectivity index (χ4v) is 7.33. The number of benzene rings is 4. The molecular formula is C28H17Cl2O4PS2. The lowest BCUT2D eigenvalue weighted by Gasteiger charge is -2.19. The van der Waals surface area contributed by atoms with Gasteiger partial charge in [0.15, 0.2) is 0 Å². The molecule has 0 fully saturated rings. The first-order valence-electron chi connectivity index (χ1n) is 11.1. The van der Waals surface area contributed by atoms with Crippen molar-refractivity contribution in [1.29, 1.82) is 0 Å². The second-order valence-corrected chi connectivity index (χ2v) is 12.6. The van der Waals surface area contributed by atoms with Crippen molar-refractivity contribution in [3.05, 3.63) is 117 Å². The van der Waals surface area contributed by atoms with Gasteiger partial charge in [-0.25, -0.2) is 4.57 Å². The lowest BCUT2D eigenvalue weighted by molar-refractivity contribution is 0.264. The summed E-state index contributed by atoms with van der Waals surface area (Å²) >= 11 is 15.5. The second-order valence-electron chi connectivity index (χ2n) is 8.23. The van der Waals surface area contributed by atoms with E-state index in [2.05, 4.69) is 0 Å². The van der Waals surface area contributed by atoms with Gasteiger partial charge in [0.2, 0.25) is 0 Å². The summed E-state index contributed by atoms with van der Waals surface area (Å²) in [6, 6.07) is 26.1. The maximum Gasteiger partial charge on any atom is 0.584 e. The van der Waals surface area contributed by atoms with Gasteiger partial charge >= 0.3 is 7.82 Å². The summed E-state index contributed by atoms with van der Waals surface area (Å²) in [6.45, 7) is 0. The number of halogens is 2. The summed E-state index contributed by atoms with van der Waals surface area (Å²) in [6.07, 6.45) is 3.43. The molecule has 37 heavy (non-hydrogen) atoms. The van der Waals surface area contributed by atoms with Crippen molar-refractivity contribution in [2.24, 2.45) is 0 Å². The van der Waals surface area contributed by atoms with E-state index in [9.17, 15) is 9.46 Å². The van der Waals surface area contributed by atoms with Crippen molar-refractivity contribution >= 4 is 78.2 Å². The highest BCUT2D eigenvalue weighted by Gasteiger charge is 2.32. The van der Waals surface area contributed by atoms with Gasteiger partial charge in [-0.3, -0.25) is 4.89 Å². The first-order valence-corrected chi connectivity index (χ1v) is 15.0. The van der Waals surface area contributed by atoms with Gasteiger partial charge in [-0.2, -0.15) is 0 Å². The van der Waals surface area contributed by atoms with Crippen molar-refractivity contribution in [2.45, 2.75) is 19.6 Å². The maximum absolute atomic E-state index is 13.5. The van der Waals surface area contributed by atoms with Crippen LogP contribution in [0.2, 0.25) is 10.0 Å². The molecule has 0 aromatic heterocycles. The molecule has 9 heteroatoms. The fourth-order valence-electron chi connectivity index (χ4n) is 4.06. The highest BCUT2D eigenvalue weighted by atomic mass is 35.5. The Morgan fingerprint density at radius 3 is 1.51 bits per heavy atom. The van der Waals surface area contributed by atoms with E-state index in [0.717, 1.165) is 30.7 Å². The molecule has 0 unspecified atom stereocenters. The minimum Gasteiger partial charge on any atom is -0.394 e. The molecule has 0 saturated heterocycles. The van der Waals surface area contributed by atoms with E-state index >= 15 is 0 Å². The average Bonchev–Trinajstić information content (AvgIpc) is 3.10. The van der Waals surface area contributed by atoms with Crippen LogP contribution in [0.15, 0.2) is 105 Å². The quantitative estimate of drug-likeness (QED) is 0.242. The third kappa shape index (κ3) is 5.23. The summed E-state index contributed by atoms with van der Waals surface area (Å²) in [4.78, 5) is 14.7. The number of phosphoric acid groups is 1. The van der Waals surface area contributed by atoms with Crippen LogP contribution in [-0.2, 0) is 13.6 Å². The van der Waals surface area contributed by atoms with Crippen LogP contribution in [0.5, 0.6) is 0 Å². The molecule has 0 atom stereocenters. The molecule has 0 spiro atoms. The van der Waals surface area contributed by atoms with Crippen molar-refractivity contribution in [3.63, 3.8) is 0 Å². The van der Waals surface area contributed by atoms with Gasteiger partial charge in [0.25, 0.3) is 0 Å². The zero-order chi connectivity index (χ0) is 25.6. The molecule has 6 rings (SSSR count). The first-order chi connectivity index (χ1) is 17.8. The van der Waals surface area contributed by atoms with Crippen LogP contribution in [0.1, 0.15) is 22.3 Å². The zero-order valence-electron chi connectivity index (χ0n) is 18.9. The number of fused-ring (bicyclic) bond motifs is 4. The third-order valence-electron chi connectivity index (χ3n) is 5.69. The monoisotopic (exact) mass is 582 g/mol. The van der Waals surface area contributed by atoms with Crippen molar-refractivity contribution in [3.8, 4) is 0 Å². The van der Waals surface area contributed by atoms with Crippen molar-refractivity contribution < 1.29 is 18.5 Å². The van der Waals surface area contributed by atoms with Gasteiger partial charge < -0.3 is 9.05 Å². The molecule has 4 nitrogen and oxygen atoms in total. The summed E-state index contributed by atoms with van der Waals surface area (Å²) in [5, 5.41) is 1.11. The zero-order valence-corrected chi connectivity index (χ0v) is 23.0. The average molecular weight is 583 g/mol. The lowest BCUT2D eigenvalue weighted by Crippen LogP contribution is -1.97. The molecule has 2 aliphatic rings. The predicted molar refractivity (Wildman–Crippen MR) is 152 cm³/mol. The topological polar surface area (TPSA) is 55.8 Å². The first kappa shape index (κ1) is 24.7. The van der Waals surface area contributed by atoms with Crippen LogP contribution in [0.4, 0.5) is 0 Å². The molecular weight excluding hydrogens is 566 g/mol. The number of hydrogen-bond acceptors (Lipinski definition) is 5. The minimum absolute atomic E-state index is 0.218. The summed E-state index contributed by atoms with van der Waals surface area (Å²) in [7, 11) is -4.65. The molecule has 2 heterocycles. The predicted octanol–water partition coefficient (Wildman–Crippen LogP) is 9.75. The van der Waals surface area contributed by atoms with Gasteiger partial charge in [-0.1, -0.05) is 83.1 Å². The number of hydrogen-bond donors (Lipinski definition) is 1. The van der Waals surface area contributed by atoms with E-state index in [1.165, 1.54) is 23.5 Å². The van der Waals surface area contributed by atoms with Gasteiger partial charge in [-0.05, 0) is 71.8 Å². The van der Waals surface area contributed by atoms with Crippen LogP contribution >= 0.6 is 54.5 Å². The summed E-state index contributed by atoms with van der Waals surface area (Å²) in [5.41, 5.74) is 2.92. The highest BCUT2D eigenvalue weighted by molar-refractivity contribution is 7.99. The van der Waals surface area contributed by atoms with Crippen LogP contribution < -0.4 is 0 Å². The van der Waals surface area contributed by atoms with Crippen LogP contribution in [-0.4, -0.2) is 4.89 Å². The molecule has 4 aromatic rings. The molecule has 1 N–H and O–H groups in total. The second kappa shape index (κ2) is 9.95. The Hall–Kier alpha value is -2.57. The molecule has 0 saturated carbocycles. The lowest BCUT2D eigenvalue weighted by atomic mass is 10.1. The Balaban J connectivity index is 1.41. The SMILES string of the molecule is O=P(O)(OC1=Cc2cc(Cl)ccc2Sc2ccccc21)OC1=Cc2cc(Cl)ccc2Sc2ccccc21. The molecule has 0 bridgehead atoms. The van der Waals surface area contributed by atoms with E-state index in [1.807, 2.05) is 72.8 Å². The van der Waals surface area contributed by atoms with Gasteiger partial charge in [0.1, 0.15) is 11.5 Å². The Kier molecular flexibility index (Phi) is 6.66. The number of phosphoric ester groups is 1. The van der Waals surface area contributed by atoms with Crippen LogP contribution in [0.3, 0.4) is 0 Å². The van der Waals surface area contributed by atoms with E-state index in [0.29, 0.717) is 21.2 Å². The normalized spacial score (nSPS) is 14.0. The minimum atomic E-state index is -4.65. The third-order valence-corrected chi connectivity index (χ3v) is 9.35. The standard InChI is InChI=1S/C28H17Cl2O4PS2/c29-19-9-11-25-17(13-19)15-23(21-5-1-3-7-27(21)36-25)33-35(31,32)34-24-16-18-14-20(30)10-12-26(18)37-28-8-4-2-6-22(24)28/h1-16H,(H,31,32). The van der Waals surface area contributed by atoms with E-state index < -0.39 is 7.82 Å². The van der Waals surface area contributed by atoms with E-state index in [-0.39, 0.29) is 11.5 Å². The fraction of sp³-hybridized carbons (Fsp3) is 0.